The Morgan fingerprint density at radius 1 is 1.16 bits per heavy atom. The number of carbonyl (C=O) groups is 1. The number of hydrogen-bond donors (Lipinski definition) is 1. The van der Waals surface area contributed by atoms with E-state index in [1.165, 1.54) is 23.3 Å². The first kappa shape index (κ1) is 20.2. The smallest absolute Gasteiger partial charge is 0.387 e. The molecule has 3 nitrogen and oxygen atoms in total. The molecule has 0 aliphatic heterocycles. The molecular formula is C26H26F2O3. The van der Waals surface area contributed by atoms with Gasteiger partial charge in [-0.15, -0.1) is 0 Å². The van der Waals surface area contributed by atoms with Gasteiger partial charge in [0.25, 0.3) is 0 Å². The number of aromatic hydroxyl groups is 1. The van der Waals surface area contributed by atoms with E-state index in [0.29, 0.717) is 23.5 Å². The molecule has 5 heteroatoms. The fourth-order valence-corrected chi connectivity index (χ4v) is 6.31. The average molecular weight is 424 g/mol. The van der Waals surface area contributed by atoms with Crippen LogP contribution in [0.4, 0.5) is 8.78 Å². The summed E-state index contributed by atoms with van der Waals surface area (Å²) in [5.74, 6) is 1.90. The Bertz CT molecular complexity index is 1040. The average Bonchev–Trinajstić information content (AvgIpc) is 2.99. The third-order valence-corrected chi connectivity index (χ3v) is 7.80. The molecule has 0 aromatic heterocycles. The van der Waals surface area contributed by atoms with Crippen molar-refractivity contribution in [3.05, 3.63) is 64.7 Å². The lowest BCUT2D eigenvalue weighted by atomic mass is 9.55. The highest BCUT2D eigenvalue weighted by atomic mass is 19.3. The van der Waals surface area contributed by atoms with E-state index in [-0.39, 0.29) is 16.9 Å². The number of hydrogen-bond acceptors (Lipinski definition) is 3. The largest absolute Gasteiger partial charge is 0.508 e. The second-order valence-electron chi connectivity index (χ2n) is 9.41. The molecule has 0 amide bonds. The molecule has 2 aromatic carbocycles. The highest BCUT2D eigenvalue weighted by molar-refractivity contribution is 6.06. The molecule has 2 saturated carbocycles. The Balaban J connectivity index is 1.41. The topological polar surface area (TPSA) is 46.5 Å². The monoisotopic (exact) mass is 424 g/mol. The zero-order valence-corrected chi connectivity index (χ0v) is 17.5. The Hall–Kier alpha value is -2.69. The van der Waals surface area contributed by atoms with Crippen molar-refractivity contribution in [2.75, 3.05) is 0 Å². The van der Waals surface area contributed by atoms with Crippen LogP contribution in [-0.4, -0.2) is 17.5 Å². The summed E-state index contributed by atoms with van der Waals surface area (Å²) in [4.78, 5) is 13.4. The number of ether oxygens (including phenoxy) is 1. The van der Waals surface area contributed by atoms with Crippen LogP contribution >= 0.6 is 0 Å². The van der Waals surface area contributed by atoms with Crippen LogP contribution < -0.4 is 4.74 Å². The van der Waals surface area contributed by atoms with Gasteiger partial charge in [0.15, 0.2) is 5.78 Å². The Labute approximate surface area is 180 Å². The predicted molar refractivity (Wildman–Crippen MR) is 114 cm³/mol. The van der Waals surface area contributed by atoms with Gasteiger partial charge in [-0.2, -0.15) is 8.78 Å². The summed E-state index contributed by atoms with van der Waals surface area (Å²) in [7, 11) is 0. The molecule has 3 aliphatic rings. The number of phenolic OH excluding ortho intramolecular Hbond substituents is 1. The third kappa shape index (κ3) is 3.44. The summed E-state index contributed by atoms with van der Waals surface area (Å²) in [6.07, 6.45) is 6.53. The van der Waals surface area contributed by atoms with E-state index in [9.17, 15) is 18.7 Å². The molecule has 3 aliphatic carbocycles. The van der Waals surface area contributed by atoms with Gasteiger partial charge in [-0.05, 0) is 102 Å². The lowest BCUT2D eigenvalue weighted by Gasteiger charge is -2.48. The minimum absolute atomic E-state index is 0.116. The molecule has 0 saturated heterocycles. The molecule has 4 atom stereocenters. The molecule has 31 heavy (non-hydrogen) atoms. The van der Waals surface area contributed by atoms with E-state index < -0.39 is 6.61 Å². The number of phenols is 1. The fraction of sp³-hybridized carbons (Fsp3) is 0.423. The fourth-order valence-electron chi connectivity index (χ4n) is 6.31. The summed E-state index contributed by atoms with van der Waals surface area (Å²) >= 11 is 0. The van der Waals surface area contributed by atoms with Crippen molar-refractivity contribution in [1.29, 1.82) is 0 Å². The van der Waals surface area contributed by atoms with Crippen molar-refractivity contribution in [2.24, 2.45) is 17.3 Å². The van der Waals surface area contributed by atoms with E-state index in [0.717, 1.165) is 43.2 Å². The lowest BCUT2D eigenvalue weighted by molar-refractivity contribution is -0.127. The van der Waals surface area contributed by atoms with Gasteiger partial charge >= 0.3 is 6.61 Å². The van der Waals surface area contributed by atoms with E-state index in [4.69, 9.17) is 0 Å². The van der Waals surface area contributed by atoms with Crippen LogP contribution in [0.2, 0.25) is 0 Å². The second-order valence-corrected chi connectivity index (χ2v) is 9.41. The molecule has 0 heterocycles. The number of rotatable bonds is 3. The van der Waals surface area contributed by atoms with Gasteiger partial charge in [-0.1, -0.05) is 25.1 Å². The number of aryl methyl sites for hydroxylation is 1. The number of halogens is 2. The summed E-state index contributed by atoms with van der Waals surface area (Å²) in [5.41, 5.74) is 3.92. The van der Waals surface area contributed by atoms with Crippen LogP contribution in [0.3, 0.4) is 0 Å². The van der Waals surface area contributed by atoms with Crippen molar-refractivity contribution in [2.45, 2.75) is 51.6 Å². The van der Waals surface area contributed by atoms with Crippen molar-refractivity contribution in [1.82, 2.24) is 0 Å². The van der Waals surface area contributed by atoms with Crippen molar-refractivity contribution >= 4 is 11.9 Å². The van der Waals surface area contributed by atoms with Crippen molar-refractivity contribution in [3.63, 3.8) is 0 Å². The van der Waals surface area contributed by atoms with E-state index in [2.05, 4.69) is 17.7 Å². The van der Waals surface area contributed by atoms with Gasteiger partial charge in [-0.3, -0.25) is 4.79 Å². The first-order valence-corrected chi connectivity index (χ1v) is 11.0. The third-order valence-electron chi connectivity index (χ3n) is 7.80. The Morgan fingerprint density at radius 2 is 1.94 bits per heavy atom. The standard InChI is InChI=1S/C26H26F2O3/c1-26-11-10-21-20-9-5-18(29)13-16(20)4-8-22(21)23(26)14-17(24(26)30)12-15-2-6-19(7-3-15)31-25(27)28/h2-3,5-7,9,12-13,21-23,25,29H,4,8,10-11,14H2,1H3/b17-12+/t21-,22-,23+,26+/m1/s1. The van der Waals surface area contributed by atoms with E-state index in [1.54, 1.807) is 18.2 Å². The van der Waals surface area contributed by atoms with E-state index in [1.807, 2.05) is 12.1 Å². The number of Topliss-reactive ketones (excluding diaryl/α,β-unsaturated/α-hetero) is 1. The number of ketones is 1. The van der Waals surface area contributed by atoms with Gasteiger partial charge in [0.2, 0.25) is 0 Å². The number of carbonyl (C=O) groups excluding carboxylic acids is 1. The first-order chi connectivity index (χ1) is 14.8. The summed E-state index contributed by atoms with van der Waals surface area (Å²) in [5, 5.41) is 9.85. The lowest BCUT2D eigenvalue weighted by Crippen LogP contribution is -2.42. The zero-order chi connectivity index (χ0) is 21.8. The number of fused-ring (bicyclic) bond motifs is 5. The van der Waals surface area contributed by atoms with Crippen molar-refractivity contribution < 1.29 is 23.4 Å². The zero-order valence-electron chi connectivity index (χ0n) is 17.5. The quantitative estimate of drug-likeness (QED) is 0.605. The summed E-state index contributed by atoms with van der Waals surface area (Å²) < 4.78 is 29.2. The van der Waals surface area contributed by atoms with Crippen LogP contribution in [0.25, 0.3) is 6.08 Å². The summed E-state index contributed by atoms with van der Waals surface area (Å²) in [6.45, 7) is -0.718. The maximum Gasteiger partial charge on any atom is 0.387 e. The van der Waals surface area contributed by atoms with Crippen LogP contribution in [0, 0.1) is 17.3 Å². The molecular weight excluding hydrogens is 398 g/mol. The number of alkyl halides is 2. The van der Waals surface area contributed by atoms with E-state index >= 15 is 0 Å². The SMILES string of the molecule is C[C@]12CC[C@@H]3c4ccc(O)cc4CC[C@H]3[C@@H]1C/C(=C\c1ccc(OC(F)F)cc1)C2=O. The van der Waals surface area contributed by atoms with Gasteiger partial charge < -0.3 is 9.84 Å². The molecule has 2 aromatic rings. The second kappa shape index (κ2) is 7.47. The minimum atomic E-state index is -2.85. The molecule has 1 N–H and O–H groups in total. The Kier molecular flexibility index (Phi) is 4.87. The van der Waals surface area contributed by atoms with Gasteiger partial charge in [0.05, 0.1) is 0 Å². The van der Waals surface area contributed by atoms with Gasteiger partial charge in [0, 0.05) is 5.41 Å². The molecule has 162 valence electrons. The number of benzene rings is 2. The predicted octanol–water partition coefficient (Wildman–Crippen LogP) is 6.11. The molecule has 5 rings (SSSR count). The maximum atomic E-state index is 13.4. The van der Waals surface area contributed by atoms with Crippen LogP contribution in [0.1, 0.15) is 55.2 Å². The van der Waals surface area contributed by atoms with Crippen LogP contribution in [-0.2, 0) is 11.2 Å². The van der Waals surface area contributed by atoms with Gasteiger partial charge in [-0.25, -0.2) is 0 Å². The highest BCUT2D eigenvalue weighted by Gasteiger charge is 2.56. The Morgan fingerprint density at radius 3 is 2.68 bits per heavy atom. The van der Waals surface area contributed by atoms with Gasteiger partial charge in [0.1, 0.15) is 11.5 Å². The number of allylic oxidation sites excluding steroid dienone is 1. The molecule has 2 fully saturated rings. The first-order valence-electron chi connectivity index (χ1n) is 11.0. The molecule has 0 unspecified atom stereocenters. The molecule has 0 radical (unpaired) electrons. The minimum Gasteiger partial charge on any atom is -0.508 e. The molecule has 0 spiro atoms. The normalized spacial score (nSPS) is 30.8. The summed E-state index contributed by atoms with van der Waals surface area (Å²) in [6, 6.07) is 12.2. The highest BCUT2D eigenvalue weighted by Crippen LogP contribution is 2.60. The molecule has 0 bridgehead atoms. The van der Waals surface area contributed by atoms with Crippen LogP contribution in [0.5, 0.6) is 11.5 Å². The van der Waals surface area contributed by atoms with Crippen LogP contribution in [0.15, 0.2) is 48.0 Å². The maximum absolute atomic E-state index is 13.4. The van der Waals surface area contributed by atoms with Crippen molar-refractivity contribution in [3.8, 4) is 11.5 Å².